The van der Waals surface area contributed by atoms with E-state index in [4.69, 9.17) is 9.72 Å². The highest BCUT2D eigenvalue weighted by molar-refractivity contribution is 5.89. The molecule has 2 aromatic heterocycles. The first kappa shape index (κ1) is 19.2. The van der Waals surface area contributed by atoms with Gasteiger partial charge in [0.15, 0.2) is 17.4 Å². The van der Waals surface area contributed by atoms with Crippen LogP contribution in [0, 0.1) is 5.82 Å². The largest absolute Gasteiger partial charge is 0.492 e. The number of rotatable bonds is 5. The number of hydrogen-bond acceptors (Lipinski definition) is 7. The summed E-state index contributed by atoms with van der Waals surface area (Å²) in [5, 5.41) is 3.13. The van der Waals surface area contributed by atoms with Crippen molar-refractivity contribution in [3.8, 4) is 5.75 Å². The molecule has 2 aliphatic heterocycles. The number of pyridine rings is 1. The summed E-state index contributed by atoms with van der Waals surface area (Å²) in [6.45, 7) is 4.97. The summed E-state index contributed by atoms with van der Waals surface area (Å²) in [7, 11) is 1.42. The minimum Gasteiger partial charge on any atom is -0.492 e. The van der Waals surface area contributed by atoms with Crippen LogP contribution in [-0.4, -0.2) is 58.0 Å². The molecule has 1 N–H and O–H groups in total. The van der Waals surface area contributed by atoms with Gasteiger partial charge in [0.2, 0.25) is 5.91 Å². The van der Waals surface area contributed by atoms with Crippen molar-refractivity contribution >= 4 is 34.3 Å². The quantitative estimate of drug-likeness (QED) is 0.636. The van der Waals surface area contributed by atoms with E-state index in [0.29, 0.717) is 29.1 Å². The maximum Gasteiger partial charge on any atom is 0.246 e. The lowest BCUT2D eigenvalue weighted by Crippen LogP contribution is -2.48. The van der Waals surface area contributed by atoms with Gasteiger partial charge in [-0.1, -0.05) is 12.6 Å². The zero-order chi connectivity index (χ0) is 21.5. The number of nitrogens with zero attached hydrogens (tertiary/aromatic N) is 5. The van der Waals surface area contributed by atoms with E-state index in [-0.39, 0.29) is 23.7 Å². The number of likely N-dealkylation sites (tertiary alicyclic amines) is 1. The second kappa shape index (κ2) is 7.50. The molecule has 3 aromatic rings. The molecule has 1 aromatic carbocycles. The molecule has 0 radical (unpaired) electrons. The molecule has 2 fully saturated rings. The van der Waals surface area contributed by atoms with Crippen LogP contribution in [0.4, 0.5) is 21.7 Å². The number of hydrogen-bond donors (Lipinski definition) is 1. The minimum atomic E-state index is -0.466. The second-order valence-corrected chi connectivity index (χ2v) is 7.60. The van der Waals surface area contributed by atoms with Gasteiger partial charge in [-0.15, -0.1) is 0 Å². The Kier molecular flexibility index (Phi) is 4.65. The van der Waals surface area contributed by atoms with Gasteiger partial charge in [0.1, 0.15) is 17.7 Å². The molecule has 2 saturated heterocycles. The minimum absolute atomic E-state index is 0.0254. The fourth-order valence-electron chi connectivity index (χ4n) is 4.46. The molecular formula is C22H21FN6O2. The van der Waals surface area contributed by atoms with Crippen molar-refractivity contribution in [2.75, 3.05) is 30.4 Å². The predicted molar refractivity (Wildman–Crippen MR) is 115 cm³/mol. The molecule has 4 heterocycles. The SMILES string of the molecule is C=CC(=O)N1C[C@@H]2C[C@H]1CN2c1ccc2ncnc(Nc3cccc(F)c3OC)c2n1. The summed E-state index contributed by atoms with van der Waals surface area (Å²) >= 11 is 0. The smallest absolute Gasteiger partial charge is 0.246 e. The molecule has 0 spiro atoms. The highest BCUT2D eigenvalue weighted by atomic mass is 19.1. The molecule has 31 heavy (non-hydrogen) atoms. The molecule has 2 atom stereocenters. The maximum atomic E-state index is 14.1. The number of methoxy groups -OCH3 is 1. The van der Waals surface area contributed by atoms with Crippen molar-refractivity contribution in [2.45, 2.75) is 18.5 Å². The van der Waals surface area contributed by atoms with E-state index in [9.17, 15) is 9.18 Å². The zero-order valence-electron chi connectivity index (χ0n) is 17.0. The molecule has 9 heteroatoms. The number of anilines is 3. The normalized spacial score (nSPS) is 19.7. The lowest BCUT2D eigenvalue weighted by molar-refractivity contribution is -0.127. The van der Waals surface area contributed by atoms with Crippen LogP contribution >= 0.6 is 0 Å². The number of carbonyl (C=O) groups is 1. The average molecular weight is 420 g/mol. The summed E-state index contributed by atoms with van der Waals surface area (Å²) in [4.78, 5) is 29.6. The van der Waals surface area contributed by atoms with Gasteiger partial charge in [0.05, 0.1) is 30.4 Å². The van der Waals surface area contributed by atoms with Crippen LogP contribution in [0.3, 0.4) is 0 Å². The van der Waals surface area contributed by atoms with E-state index in [1.165, 1.54) is 25.6 Å². The summed E-state index contributed by atoms with van der Waals surface area (Å²) in [6.07, 6.45) is 3.72. The highest BCUT2D eigenvalue weighted by Crippen LogP contribution is 2.36. The third-order valence-corrected chi connectivity index (χ3v) is 5.88. The molecule has 0 aliphatic carbocycles. The third kappa shape index (κ3) is 3.22. The average Bonchev–Trinajstić information content (AvgIpc) is 3.40. The topological polar surface area (TPSA) is 83.5 Å². The number of aromatic nitrogens is 3. The van der Waals surface area contributed by atoms with E-state index in [0.717, 1.165) is 18.8 Å². The number of fused-ring (bicyclic) bond motifs is 3. The fourth-order valence-corrected chi connectivity index (χ4v) is 4.46. The van der Waals surface area contributed by atoms with Crippen LogP contribution in [-0.2, 0) is 4.79 Å². The lowest BCUT2D eigenvalue weighted by Gasteiger charge is -2.34. The van der Waals surface area contributed by atoms with E-state index in [1.54, 1.807) is 12.1 Å². The van der Waals surface area contributed by atoms with Crippen molar-refractivity contribution < 1.29 is 13.9 Å². The predicted octanol–water partition coefficient (Wildman–Crippen LogP) is 2.89. The van der Waals surface area contributed by atoms with Crippen molar-refractivity contribution in [3.05, 3.63) is 55.1 Å². The molecule has 8 nitrogen and oxygen atoms in total. The van der Waals surface area contributed by atoms with Gasteiger partial charge in [-0.2, -0.15) is 0 Å². The van der Waals surface area contributed by atoms with E-state index < -0.39 is 5.82 Å². The lowest BCUT2D eigenvalue weighted by atomic mass is 10.2. The Hall–Kier alpha value is -3.75. The molecule has 0 unspecified atom stereocenters. The summed E-state index contributed by atoms with van der Waals surface area (Å²) in [5.74, 6) is 0.876. The molecule has 2 bridgehead atoms. The molecule has 158 valence electrons. The maximum absolute atomic E-state index is 14.1. The summed E-state index contributed by atoms with van der Waals surface area (Å²) in [5.41, 5.74) is 1.70. The number of carbonyl (C=O) groups excluding carboxylic acids is 1. The second-order valence-electron chi connectivity index (χ2n) is 7.60. The molecular weight excluding hydrogens is 399 g/mol. The van der Waals surface area contributed by atoms with Crippen LogP contribution in [0.1, 0.15) is 6.42 Å². The molecule has 1 amide bonds. The van der Waals surface area contributed by atoms with Crippen LogP contribution in [0.15, 0.2) is 49.3 Å². The number of halogens is 1. The fraction of sp³-hybridized carbons (Fsp3) is 0.273. The number of amides is 1. The van der Waals surface area contributed by atoms with Crippen molar-refractivity contribution in [3.63, 3.8) is 0 Å². The van der Waals surface area contributed by atoms with Crippen molar-refractivity contribution in [2.24, 2.45) is 0 Å². The number of para-hydroxylation sites is 1. The van der Waals surface area contributed by atoms with E-state index >= 15 is 0 Å². The Bertz CT molecular complexity index is 1190. The van der Waals surface area contributed by atoms with Crippen molar-refractivity contribution in [1.82, 2.24) is 19.9 Å². The van der Waals surface area contributed by atoms with Crippen molar-refractivity contribution in [1.29, 1.82) is 0 Å². The number of nitrogens with one attached hydrogen (secondary N) is 1. The van der Waals surface area contributed by atoms with Crippen LogP contribution in [0.25, 0.3) is 11.0 Å². The number of ether oxygens (including phenoxy) is 1. The molecule has 5 rings (SSSR count). The first-order valence-electron chi connectivity index (χ1n) is 10.00. The number of piperazine rings is 1. The van der Waals surface area contributed by atoms with Gasteiger partial charge in [-0.3, -0.25) is 4.79 Å². The van der Waals surface area contributed by atoms with Gasteiger partial charge < -0.3 is 19.9 Å². The Morgan fingerprint density at radius 2 is 2.13 bits per heavy atom. The molecule has 2 aliphatic rings. The van der Waals surface area contributed by atoms with E-state index in [2.05, 4.69) is 26.8 Å². The Morgan fingerprint density at radius 1 is 1.26 bits per heavy atom. The Balaban J connectivity index is 1.47. The van der Waals surface area contributed by atoms with Gasteiger partial charge in [0.25, 0.3) is 0 Å². The van der Waals surface area contributed by atoms with E-state index in [1.807, 2.05) is 17.0 Å². The first-order valence-corrected chi connectivity index (χ1v) is 10.00. The first-order chi connectivity index (χ1) is 15.1. The van der Waals surface area contributed by atoms with Gasteiger partial charge in [0, 0.05) is 13.1 Å². The summed E-state index contributed by atoms with van der Waals surface area (Å²) < 4.78 is 19.3. The Labute approximate surface area is 178 Å². The van der Waals surface area contributed by atoms with Crippen LogP contribution < -0.4 is 15.0 Å². The summed E-state index contributed by atoms with van der Waals surface area (Å²) in [6, 6.07) is 8.84. The highest BCUT2D eigenvalue weighted by Gasteiger charge is 2.45. The molecule has 0 saturated carbocycles. The standard InChI is InChI=1S/C22H21FN6O2/c1-3-19(30)29-11-13-9-14(29)10-28(13)18-8-7-16-20(27-18)22(25-12-24-16)26-17-6-4-5-15(23)21(17)31-2/h3-8,12-14H,1,9-11H2,2H3,(H,24,25,26)/t13-,14-/m0/s1. The third-order valence-electron chi connectivity index (χ3n) is 5.88. The zero-order valence-corrected chi connectivity index (χ0v) is 17.0. The van der Waals surface area contributed by atoms with Crippen LogP contribution in [0.5, 0.6) is 5.75 Å². The van der Waals surface area contributed by atoms with Gasteiger partial charge in [-0.25, -0.2) is 19.3 Å². The van der Waals surface area contributed by atoms with Gasteiger partial charge >= 0.3 is 0 Å². The Morgan fingerprint density at radius 3 is 2.87 bits per heavy atom. The monoisotopic (exact) mass is 420 g/mol. The number of benzene rings is 1. The van der Waals surface area contributed by atoms with Crippen LogP contribution in [0.2, 0.25) is 0 Å². The van der Waals surface area contributed by atoms with Gasteiger partial charge in [-0.05, 0) is 36.8 Å².